The summed E-state index contributed by atoms with van der Waals surface area (Å²) in [5.74, 6) is 0.953. The smallest absolute Gasteiger partial charge is 0.0626 e. The lowest BCUT2D eigenvalue weighted by Gasteiger charge is -2.23. The van der Waals surface area contributed by atoms with Crippen molar-refractivity contribution in [1.29, 1.82) is 0 Å². The Morgan fingerprint density at radius 2 is 2.23 bits per heavy atom. The molecule has 13 heavy (non-hydrogen) atoms. The first-order valence-electron chi connectivity index (χ1n) is 5.23. The number of rotatable bonds is 7. The quantitative estimate of drug-likeness (QED) is 0.636. The summed E-state index contributed by atoms with van der Waals surface area (Å²) in [6.45, 7) is 6.17. The van der Waals surface area contributed by atoms with Gasteiger partial charge in [-0.3, -0.25) is 0 Å². The highest BCUT2D eigenvalue weighted by molar-refractivity contribution is 4.78. The van der Waals surface area contributed by atoms with Crippen molar-refractivity contribution >= 4 is 0 Å². The summed E-state index contributed by atoms with van der Waals surface area (Å²) < 4.78 is 5.02. The Balaban J connectivity index is 2.13. The van der Waals surface area contributed by atoms with E-state index in [1.807, 2.05) is 0 Å². The Morgan fingerprint density at radius 3 is 2.69 bits per heavy atom. The zero-order valence-electron chi connectivity index (χ0n) is 8.83. The number of methoxy groups -OCH3 is 1. The third kappa shape index (κ3) is 4.60. The molecular formula is C10H22N2O. The normalized spacial score (nSPS) is 19.4. The van der Waals surface area contributed by atoms with E-state index in [0.717, 1.165) is 19.0 Å². The Kier molecular flexibility index (Phi) is 4.70. The van der Waals surface area contributed by atoms with E-state index >= 15 is 0 Å². The molecule has 1 aliphatic rings. The van der Waals surface area contributed by atoms with Crippen molar-refractivity contribution in [3.63, 3.8) is 0 Å². The number of hydrogen-bond donors (Lipinski definition) is 1. The number of ether oxygens (including phenoxy) is 1. The molecule has 1 atom stereocenters. The maximum Gasteiger partial charge on any atom is 0.0626 e. The van der Waals surface area contributed by atoms with E-state index < -0.39 is 0 Å². The van der Waals surface area contributed by atoms with E-state index in [0.29, 0.717) is 6.61 Å². The second-order valence-corrected chi connectivity index (χ2v) is 4.01. The Labute approximate surface area is 81.2 Å². The van der Waals surface area contributed by atoms with Crippen LogP contribution in [0.3, 0.4) is 0 Å². The summed E-state index contributed by atoms with van der Waals surface area (Å²) in [5, 5.41) is 0. The maximum atomic E-state index is 5.89. The van der Waals surface area contributed by atoms with Crippen molar-refractivity contribution in [3.8, 4) is 0 Å². The van der Waals surface area contributed by atoms with Gasteiger partial charge in [0.15, 0.2) is 0 Å². The van der Waals surface area contributed by atoms with Crippen molar-refractivity contribution in [2.45, 2.75) is 25.8 Å². The van der Waals surface area contributed by atoms with Gasteiger partial charge in [-0.1, -0.05) is 6.92 Å². The second-order valence-electron chi connectivity index (χ2n) is 4.01. The molecule has 78 valence electrons. The average molecular weight is 186 g/mol. The molecule has 0 bridgehead atoms. The average Bonchev–Trinajstić information content (AvgIpc) is 2.87. The minimum atomic E-state index is 0.170. The molecule has 0 aromatic heterocycles. The van der Waals surface area contributed by atoms with Gasteiger partial charge < -0.3 is 15.4 Å². The summed E-state index contributed by atoms with van der Waals surface area (Å²) in [4.78, 5) is 2.43. The molecule has 3 heteroatoms. The van der Waals surface area contributed by atoms with Crippen molar-refractivity contribution < 1.29 is 4.74 Å². The lowest BCUT2D eigenvalue weighted by molar-refractivity contribution is 0.153. The van der Waals surface area contributed by atoms with Crippen LogP contribution in [0.15, 0.2) is 0 Å². The Hall–Kier alpha value is -0.120. The fourth-order valence-electron chi connectivity index (χ4n) is 1.60. The molecule has 3 nitrogen and oxygen atoms in total. The molecule has 1 saturated carbocycles. The van der Waals surface area contributed by atoms with Crippen LogP contribution in [0.1, 0.15) is 19.8 Å². The summed E-state index contributed by atoms with van der Waals surface area (Å²) in [5.41, 5.74) is 5.89. The highest BCUT2D eigenvalue weighted by atomic mass is 16.5. The van der Waals surface area contributed by atoms with E-state index in [1.54, 1.807) is 7.11 Å². The molecule has 0 aromatic carbocycles. The highest BCUT2D eigenvalue weighted by Gasteiger charge is 2.24. The van der Waals surface area contributed by atoms with Crippen LogP contribution in [-0.4, -0.2) is 44.3 Å². The number of nitrogens with zero attached hydrogens (tertiary/aromatic N) is 1. The number of hydrogen-bond acceptors (Lipinski definition) is 3. The van der Waals surface area contributed by atoms with Crippen molar-refractivity contribution in [2.75, 3.05) is 33.4 Å². The molecule has 0 spiro atoms. The largest absolute Gasteiger partial charge is 0.383 e. The van der Waals surface area contributed by atoms with Gasteiger partial charge in [-0.2, -0.15) is 0 Å². The van der Waals surface area contributed by atoms with Crippen LogP contribution in [-0.2, 0) is 4.74 Å². The van der Waals surface area contributed by atoms with Crippen molar-refractivity contribution in [3.05, 3.63) is 0 Å². The van der Waals surface area contributed by atoms with Crippen LogP contribution < -0.4 is 5.73 Å². The lowest BCUT2D eigenvalue weighted by Crippen LogP contribution is -2.41. The van der Waals surface area contributed by atoms with E-state index in [9.17, 15) is 0 Å². The lowest BCUT2D eigenvalue weighted by atomic mass is 10.2. The van der Waals surface area contributed by atoms with Crippen LogP contribution in [0, 0.1) is 5.92 Å². The van der Waals surface area contributed by atoms with Gasteiger partial charge in [0.25, 0.3) is 0 Å². The summed E-state index contributed by atoms with van der Waals surface area (Å²) in [7, 11) is 1.71. The van der Waals surface area contributed by atoms with Gasteiger partial charge in [0, 0.05) is 26.2 Å². The zero-order valence-corrected chi connectivity index (χ0v) is 8.83. The predicted octanol–water partition coefficient (Wildman–Crippen LogP) is 0.692. The molecule has 0 heterocycles. The molecule has 1 rings (SSSR count). The SMILES string of the molecule is CCN(CC(N)COC)CC1CC1. The van der Waals surface area contributed by atoms with E-state index in [1.165, 1.54) is 19.4 Å². The van der Waals surface area contributed by atoms with Crippen molar-refractivity contribution in [2.24, 2.45) is 11.7 Å². The third-order valence-electron chi connectivity index (χ3n) is 2.53. The zero-order chi connectivity index (χ0) is 9.68. The highest BCUT2D eigenvalue weighted by Crippen LogP contribution is 2.29. The summed E-state index contributed by atoms with van der Waals surface area (Å²) in [6.07, 6.45) is 2.83. The monoisotopic (exact) mass is 186 g/mol. The number of likely N-dealkylation sites (N-methyl/N-ethyl adjacent to an activating group) is 1. The molecule has 1 unspecified atom stereocenters. The first-order valence-corrected chi connectivity index (χ1v) is 5.23. The van der Waals surface area contributed by atoms with Gasteiger partial charge in [0.05, 0.1) is 6.61 Å². The fourth-order valence-corrected chi connectivity index (χ4v) is 1.60. The molecular weight excluding hydrogens is 164 g/mol. The Morgan fingerprint density at radius 1 is 1.54 bits per heavy atom. The predicted molar refractivity (Wildman–Crippen MR) is 54.7 cm³/mol. The minimum Gasteiger partial charge on any atom is -0.383 e. The van der Waals surface area contributed by atoms with E-state index in [4.69, 9.17) is 10.5 Å². The maximum absolute atomic E-state index is 5.89. The first-order chi connectivity index (χ1) is 6.26. The Bertz CT molecular complexity index is 137. The van der Waals surface area contributed by atoms with Gasteiger partial charge >= 0.3 is 0 Å². The van der Waals surface area contributed by atoms with E-state index in [2.05, 4.69) is 11.8 Å². The van der Waals surface area contributed by atoms with Gasteiger partial charge in [-0.25, -0.2) is 0 Å². The summed E-state index contributed by atoms with van der Waals surface area (Å²) >= 11 is 0. The molecule has 1 aliphatic carbocycles. The standard InChI is InChI=1S/C10H22N2O/c1-3-12(6-9-4-5-9)7-10(11)8-13-2/h9-10H,3-8,11H2,1-2H3. The van der Waals surface area contributed by atoms with Crippen LogP contribution in [0.2, 0.25) is 0 Å². The van der Waals surface area contributed by atoms with Crippen molar-refractivity contribution in [1.82, 2.24) is 4.90 Å². The molecule has 0 aliphatic heterocycles. The fraction of sp³-hybridized carbons (Fsp3) is 1.00. The molecule has 0 aromatic rings. The van der Waals surface area contributed by atoms with Crippen LogP contribution in [0.4, 0.5) is 0 Å². The van der Waals surface area contributed by atoms with Gasteiger partial charge in [0.2, 0.25) is 0 Å². The van der Waals surface area contributed by atoms with Gasteiger partial charge in [-0.05, 0) is 25.3 Å². The molecule has 2 N–H and O–H groups in total. The molecule has 1 fully saturated rings. The van der Waals surface area contributed by atoms with E-state index in [-0.39, 0.29) is 6.04 Å². The topological polar surface area (TPSA) is 38.5 Å². The second kappa shape index (κ2) is 5.58. The number of nitrogens with two attached hydrogens (primary N) is 1. The van der Waals surface area contributed by atoms with Crippen LogP contribution in [0.25, 0.3) is 0 Å². The minimum absolute atomic E-state index is 0.170. The van der Waals surface area contributed by atoms with Crippen LogP contribution >= 0.6 is 0 Å². The molecule has 0 amide bonds. The summed E-state index contributed by atoms with van der Waals surface area (Å²) in [6, 6.07) is 0.170. The van der Waals surface area contributed by atoms with Gasteiger partial charge in [-0.15, -0.1) is 0 Å². The molecule has 0 saturated heterocycles. The third-order valence-corrected chi connectivity index (χ3v) is 2.53. The first kappa shape index (κ1) is 11.0. The molecule has 0 radical (unpaired) electrons. The van der Waals surface area contributed by atoms with Crippen LogP contribution in [0.5, 0.6) is 0 Å². The van der Waals surface area contributed by atoms with Gasteiger partial charge in [0.1, 0.15) is 0 Å².